The van der Waals surface area contributed by atoms with E-state index in [1.54, 1.807) is 14.2 Å². The molecule has 0 spiro atoms. The van der Waals surface area contributed by atoms with Crippen LogP contribution in [0.15, 0.2) is 42.5 Å². The molecule has 2 rings (SSSR count). The molecule has 2 N–H and O–H groups in total. The minimum absolute atomic E-state index is 0.0842. The molecule has 0 fully saturated rings. The highest BCUT2D eigenvalue weighted by atomic mass is 127. The molecule has 0 saturated heterocycles. The van der Waals surface area contributed by atoms with Crippen molar-refractivity contribution >= 4 is 22.6 Å². The van der Waals surface area contributed by atoms with E-state index in [4.69, 9.17) is 15.2 Å². The predicted octanol–water partition coefficient (Wildman–Crippen LogP) is 3.55. The van der Waals surface area contributed by atoms with Crippen molar-refractivity contribution < 1.29 is 9.47 Å². The number of hydrogen-bond acceptors (Lipinski definition) is 3. The van der Waals surface area contributed by atoms with Gasteiger partial charge in [0.2, 0.25) is 0 Å². The van der Waals surface area contributed by atoms with Crippen LogP contribution in [-0.4, -0.2) is 14.2 Å². The fourth-order valence-electron chi connectivity index (χ4n) is 2.04. The highest BCUT2D eigenvalue weighted by Gasteiger charge is 2.10. The van der Waals surface area contributed by atoms with Gasteiger partial charge in [-0.15, -0.1) is 0 Å². The molecule has 0 saturated carbocycles. The molecular formula is C16H18INO2. The van der Waals surface area contributed by atoms with Gasteiger partial charge in [0.25, 0.3) is 0 Å². The van der Waals surface area contributed by atoms with Crippen LogP contribution in [0.3, 0.4) is 0 Å². The molecule has 3 nitrogen and oxygen atoms in total. The summed E-state index contributed by atoms with van der Waals surface area (Å²) in [6.07, 6.45) is 0.785. The van der Waals surface area contributed by atoms with Crippen LogP contribution in [0.4, 0.5) is 0 Å². The summed E-state index contributed by atoms with van der Waals surface area (Å²) in [6, 6.07) is 14.1. The van der Waals surface area contributed by atoms with Crippen molar-refractivity contribution in [2.24, 2.45) is 5.73 Å². The van der Waals surface area contributed by atoms with Gasteiger partial charge in [0.15, 0.2) is 0 Å². The molecule has 20 heavy (non-hydrogen) atoms. The summed E-state index contributed by atoms with van der Waals surface area (Å²) in [7, 11) is 3.28. The van der Waals surface area contributed by atoms with Gasteiger partial charge in [0.05, 0.1) is 14.2 Å². The Bertz CT molecular complexity index is 547. The van der Waals surface area contributed by atoms with Gasteiger partial charge in [-0.05, 0) is 64.4 Å². The lowest BCUT2D eigenvalue weighted by atomic mass is 9.99. The number of halogens is 1. The summed E-state index contributed by atoms with van der Waals surface area (Å²) in [5.74, 6) is 1.52. The van der Waals surface area contributed by atoms with Crippen molar-refractivity contribution in [1.29, 1.82) is 0 Å². The first-order chi connectivity index (χ1) is 9.62. The van der Waals surface area contributed by atoms with Gasteiger partial charge in [-0.2, -0.15) is 0 Å². The molecule has 0 radical (unpaired) electrons. The monoisotopic (exact) mass is 383 g/mol. The number of ether oxygens (including phenoxy) is 2. The first-order valence-corrected chi connectivity index (χ1v) is 7.43. The highest BCUT2D eigenvalue weighted by Crippen LogP contribution is 2.27. The Morgan fingerprint density at radius 3 is 2.05 bits per heavy atom. The lowest BCUT2D eigenvalue weighted by Crippen LogP contribution is -2.13. The maximum Gasteiger partial charge on any atom is 0.122 e. The second kappa shape index (κ2) is 6.95. The van der Waals surface area contributed by atoms with E-state index < -0.39 is 0 Å². The molecule has 0 aromatic heterocycles. The number of hydrogen-bond donors (Lipinski definition) is 1. The molecule has 1 atom stereocenters. The summed E-state index contributed by atoms with van der Waals surface area (Å²) in [5.41, 5.74) is 8.53. The summed E-state index contributed by atoms with van der Waals surface area (Å²) in [6.45, 7) is 0. The van der Waals surface area contributed by atoms with Crippen LogP contribution in [0, 0.1) is 3.57 Å². The lowest BCUT2D eigenvalue weighted by Gasteiger charge is -2.15. The molecule has 0 heterocycles. The molecule has 1 unspecified atom stereocenters. The Balaban J connectivity index is 2.19. The fourth-order valence-corrected chi connectivity index (χ4v) is 2.40. The Hall–Kier alpha value is -1.27. The van der Waals surface area contributed by atoms with Crippen molar-refractivity contribution in [3.05, 3.63) is 57.2 Å². The maximum atomic E-state index is 6.30. The number of benzene rings is 2. The minimum Gasteiger partial charge on any atom is -0.497 e. The number of nitrogens with two attached hydrogens (primary N) is 1. The molecule has 4 heteroatoms. The zero-order valence-corrected chi connectivity index (χ0v) is 13.8. The number of methoxy groups -OCH3 is 2. The third-order valence-electron chi connectivity index (χ3n) is 3.17. The SMILES string of the molecule is COc1cc(OC)cc(C(N)Cc2ccc(I)cc2)c1. The predicted molar refractivity (Wildman–Crippen MR) is 89.3 cm³/mol. The van der Waals surface area contributed by atoms with E-state index >= 15 is 0 Å². The number of rotatable bonds is 5. The standard InChI is InChI=1S/C16H18INO2/c1-19-14-8-12(9-15(10-14)20-2)16(18)7-11-3-5-13(17)6-4-11/h3-6,8-10,16H,7,18H2,1-2H3. The van der Waals surface area contributed by atoms with Crippen molar-refractivity contribution in [2.75, 3.05) is 14.2 Å². The van der Waals surface area contributed by atoms with Gasteiger partial charge >= 0.3 is 0 Å². The van der Waals surface area contributed by atoms with Crippen LogP contribution in [0.5, 0.6) is 11.5 Å². The van der Waals surface area contributed by atoms with Crippen molar-refractivity contribution in [3.8, 4) is 11.5 Å². The summed E-state index contributed by atoms with van der Waals surface area (Å²) in [4.78, 5) is 0. The average Bonchev–Trinajstić information content (AvgIpc) is 2.48. The molecule has 0 aliphatic carbocycles. The van der Waals surface area contributed by atoms with E-state index in [1.807, 2.05) is 18.2 Å². The smallest absolute Gasteiger partial charge is 0.122 e. The maximum absolute atomic E-state index is 6.30. The summed E-state index contributed by atoms with van der Waals surface area (Å²) >= 11 is 2.30. The van der Waals surface area contributed by atoms with E-state index in [0.717, 1.165) is 23.5 Å². The van der Waals surface area contributed by atoms with Crippen LogP contribution < -0.4 is 15.2 Å². The molecule has 2 aromatic rings. The zero-order valence-electron chi connectivity index (χ0n) is 11.6. The van der Waals surface area contributed by atoms with E-state index in [0.29, 0.717) is 0 Å². The van der Waals surface area contributed by atoms with Crippen LogP contribution >= 0.6 is 22.6 Å². The van der Waals surface area contributed by atoms with E-state index in [2.05, 4.69) is 46.9 Å². The quantitative estimate of drug-likeness (QED) is 0.804. The zero-order chi connectivity index (χ0) is 14.5. The Morgan fingerprint density at radius 2 is 1.55 bits per heavy atom. The van der Waals surface area contributed by atoms with E-state index in [1.165, 1.54) is 9.13 Å². The van der Waals surface area contributed by atoms with Gasteiger partial charge in [0.1, 0.15) is 11.5 Å². The second-order valence-corrected chi connectivity index (χ2v) is 5.83. The van der Waals surface area contributed by atoms with E-state index in [-0.39, 0.29) is 6.04 Å². The lowest BCUT2D eigenvalue weighted by molar-refractivity contribution is 0.392. The van der Waals surface area contributed by atoms with Gasteiger partial charge < -0.3 is 15.2 Å². The van der Waals surface area contributed by atoms with Gasteiger partial charge in [0, 0.05) is 15.7 Å². The largest absolute Gasteiger partial charge is 0.497 e. The third-order valence-corrected chi connectivity index (χ3v) is 3.89. The first-order valence-electron chi connectivity index (χ1n) is 6.35. The second-order valence-electron chi connectivity index (χ2n) is 4.58. The van der Waals surface area contributed by atoms with Gasteiger partial charge in [-0.25, -0.2) is 0 Å². The van der Waals surface area contributed by atoms with Crippen molar-refractivity contribution in [2.45, 2.75) is 12.5 Å². The van der Waals surface area contributed by atoms with Gasteiger partial charge in [-0.1, -0.05) is 12.1 Å². The molecular weight excluding hydrogens is 365 g/mol. The Labute approximate surface area is 133 Å². The molecule has 0 bridgehead atoms. The average molecular weight is 383 g/mol. The van der Waals surface area contributed by atoms with Crippen LogP contribution in [0.25, 0.3) is 0 Å². The first kappa shape index (κ1) is 15.1. The minimum atomic E-state index is -0.0842. The van der Waals surface area contributed by atoms with Crippen LogP contribution in [-0.2, 0) is 6.42 Å². The topological polar surface area (TPSA) is 44.5 Å². The van der Waals surface area contributed by atoms with Gasteiger partial charge in [-0.3, -0.25) is 0 Å². The fraction of sp³-hybridized carbons (Fsp3) is 0.250. The third kappa shape index (κ3) is 3.86. The molecule has 2 aromatic carbocycles. The van der Waals surface area contributed by atoms with Crippen LogP contribution in [0.1, 0.15) is 17.2 Å². The molecule has 0 amide bonds. The summed E-state index contributed by atoms with van der Waals surface area (Å²) < 4.78 is 11.8. The molecule has 0 aliphatic rings. The normalized spacial score (nSPS) is 12.0. The Morgan fingerprint density at radius 1 is 1.00 bits per heavy atom. The summed E-state index contributed by atoms with van der Waals surface area (Å²) in [5, 5.41) is 0. The van der Waals surface area contributed by atoms with Crippen LogP contribution in [0.2, 0.25) is 0 Å². The molecule has 0 aliphatic heterocycles. The van der Waals surface area contributed by atoms with Crippen molar-refractivity contribution in [1.82, 2.24) is 0 Å². The van der Waals surface area contributed by atoms with Crippen molar-refractivity contribution in [3.63, 3.8) is 0 Å². The van der Waals surface area contributed by atoms with E-state index in [9.17, 15) is 0 Å². The molecule has 106 valence electrons. The Kier molecular flexibility index (Phi) is 5.25. The highest BCUT2D eigenvalue weighted by molar-refractivity contribution is 14.1.